The minimum Gasteiger partial charge on any atom is -0.469 e. The van der Waals surface area contributed by atoms with Gasteiger partial charge in [0.25, 0.3) is 5.91 Å². The molecule has 1 aliphatic heterocycles. The molecule has 23 heavy (non-hydrogen) atoms. The number of benzene rings is 1. The monoisotopic (exact) mass is 319 g/mol. The number of rotatable bonds is 6. The largest absolute Gasteiger partial charge is 0.469 e. The van der Waals surface area contributed by atoms with E-state index in [4.69, 9.17) is 9.47 Å². The Labute approximate surface area is 137 Å². The van der Waals surface area contributed by atoms with Crippen molar-refractivity contribution in [1.29, 1.82) is 0 Å². The summed E-state index contributed by atoms with van der Waals surface area (Å²) in [5.41, 5.74) is 1.04. The van der Waals surface area contributed by atoms with Gasteiger partial charge in [-0.15, -0.1) is 0 Å². The third kappa shape index (κ3) is 4.32. The van der Waals surface area contributed by atoms with Gasteiger partial charge in [0, 0.05) is 13.2 Å². The first-order valence-corrected chi connectivity index (χ1v) is 8.09. The maximum absolute atomic E-state index is 12.9. The zero-order valence-electron chi connectivity index (χ0n) is 14.0. The molecule has 126 valence electrons. The summed E-state index contributed by atoms with van der Waals surface area (Å²) >= 11 is 0. The molecule has 0 bridgehead atoms. The summed E-state index contributed by atoms with van der Waals surface area (Å²) in [5.74, 6) is -0.735. The molecule has 1 amide bonds. The van der Waals surface area contributed by atoms with Crippen molar-refractivity contribution in [3.05, 3.63) is 35.9 Å². The van der Waals surface area contributed by atoms with Gasteiger partial charge >= 0.3 is 5.97 Å². The molecule has 0 spiro atoms. The molecule has 1 saturated heterocycles. The lowest BCUT2D eigenvalue weighted by Crippen LogP contribution is -2.44. The highest BCUT2D eigenvalue weighted by Crippen LogP contribution is 2.25. The van der Waals surface area contributed by atoms with Crippen LogP contribution in [0.15, 0.2) is 30.3 Å². The predicted molar refractivity (Wildman–Crippen MR) is 86.7 cm³/mol. The zero-order chi connectivity index (χ0) is 16.8. The zero-order valence-corrected chi connectivity index (χ0v) is 14.0. The Balaban J connectivity index is 2.19. The fourth-order valence-electron chi connectivity index (χ4n) is 2.88. The Morgan fingerprint density at radius 2 is 2.00 bits per heavy atom. The van der Waals surface area contributed by atoms with Crippen molar-refractivity contribution in [1.82, 2.24) is 4.90 Å². The first-order chi connectivity index (χ1) is 11.0. The van der Waals surface area contributed by atoms with Crippen LogP contribution in [0.25, 0.3) is 0 Å². The average molecular weight is 319 g/mol. The van der Waals surface area contributed by atoms with Gasteiger partial charge in [-0.3, -0.25) is 9.59 Å². The van der Waals surface area contributed by atoms with E-state index in [0.29, 0.717) is 13.2 Å². The second kappa shape index (κ2) is 8.11. The van der Waals surface area contributed by atoms with Crippen LogP contribution < -0.4 is 0 Å². The first-order valence-electron chi connectivity index (χ1n) is 8.09. The molecule has 0 aliphatic carbocycles. The van der Waals surface area contributed by atoms with Crippen molar-refractivity contribution in [2.75, 3.05) is 20.3 Å². The van der Waals surface area contributed by atoms with Crippen molar-refractivity contribution >= 4 is 11.9 Å². The molecule has 1 heterocycles. The molecule has 1 fully saturated rings. The summed E-state index contributed by atoms with van der Waals surface area (Å²) in [4.78, 5) is 26.4. The predicted octanol–water partition coefficient (Wildman–Crippen LogP) is 2.56. The first kappa shape index (κ1) is 17.5. The third-order valence-electron chi connectivity index (χ3n) is 4.31. The Hall–Kier alpha value is -1.88. The van der Waals surface area contributed by atoms with E-state index in [1.807, 2.05) is 37.3 Å². The molecule has 2 rings (SSSR count). The Bertz CT molecular complexity index is 525. The number of carbonyl (C=O) groups excluding carboxylic acids is 2. The molecule has 0 aromatic heterocycles. The lowest BCUT2D eigenvalue weighted by molar-refractivity contribution is -0.149. The van der Waals surface area contributed by atoms with Crippen LogP contribution >= 0.6 is 0 Å². The summed E-state index contributed by atoms with van der Waals surface area (Å²) in [7, 11) is 1.37. The fraction of sp³-hybridized carbons (Fsp3) is 0.556. The van der Waals surface area contributed by atoms with E-state index in [1.165, 1.54) is 7.11 Å². The number of nitrogens with zero attached hydrogens (tertiary/aromatic N) is 1. The standard InChI is InChI=1S/C18H25NO4/c1-13(18(21)22-3)12-19(17(20)16-10-7-11-23-16)14(2)15-8-5-4-6-9-15/h4-6,8-9,13-14,16H,7,10-12H2,1-3H3. The fourth-order valence-corrected chi connectivity index (χ4v) is 2.88. The number of methoxy groups -OCH3 is 1. The van der Waals surface area contributed by atoms with Gasteiger partial charge in [-0.25, -0.2) is 0 Å². The molecule has 0 radical (unpaired) electrons. The van der Waals surface area contributed by atoms with E-state index in [2.05, 4.69) is 0 Å². The molecule has 1 aromatic carbocycles. The minimum absolute atomic E-state index is 0.0467. The molecular formula is C18H25NO4. The summed E-state index contributed by atoms with van der Waals surface area (Å²) < 4.78 is 10.3. The van der Waals surface area contributed by atoms with E-state index in [-0.39, 0.29) is 23.8 Å². The van der Waals surface area contributed by atoms with Crippen LogP contribution in [0.1, 0.15) is 38.3 Å². The van der Waals surface area contributed by atoms with Gasteiger partial charge in [-0.2, -0.15) is 0 Å². The molecular weight excluding hydrogens is 294 g/mol. The summed E-state index contributed by atoms with van der Waals surface area (Å²) in [6, 6.07) is 9.70. The Kier molecular flexibility index (Phi) is 6.16. The highest BCUT2D eigenvalue weighted by atomic mass is 16.5. The molecule has 1 aliphatic rings. The maximum atomic E-state index is 12.9. The van der Waals surface area contributed by atoms with Gasteiger partial charge in [0.15, 0.2) is 0 Å². The van der Waals surface area contributed by atoms with Gasteiger partial charge < -0.3 is 14.4 Å². The number of hydrogen-bond donors (Lipinski definition) is 0. The Morgan fingerprint density at radius 3 is 2.57 bits per heavy atom. The SMILES string of the molecule is COC(=O)C(C)CN(C(=O)C1CCCO1)C(C)c1ccccc1. The Morgan fingerprint density at radius 1 is 1.30 bits per heavy atom. The van der Waals surface area contributed by atoms with Crippen LogP contribution in [0.4, 0.5) is 0 Å². The van der Waals surface area contributed by atoms with E-state index in [1.54, 1.807) is 11.8 Å². The highest BCUT2D eigenvalue weighted by molar-refractivity contribution is 5.82. The quantitative estimate of drug-likeness (QED) is 0.756. The molecule has 5 nitrogen and oxygen atoms in total. The lowest BCUT2D eigenvalue weighted by Gasteiger charge is -2.33. The van der Waals surface area contributed by atoms with Crippen molar-refractivity contribution in [3.63, 3.8) is 0 Å². The van der Waals surface area contributed by atoms with Crippen LogP contribution in [-0.4, -0.2) is 43.1 Å². The molecule has 0 N–H and O–H groups in total. The van der Waals surface area contributed by atoms with E-state index in [0.717, 1.165) is 18.4 Å². The van der Waals surface area contributed by atoms with Crippen LogP contribution in [0.5, 0.6) is 0 Å². The number of hydrogen-bond acceptors (Lipinski definition) is 4. The third-order valence-corrected chi connectivity index (χ3v) is 4.31. The molecule has 3 atom stereocenters. The second-order valence-electron chi connectivity index (χ2n) is 6.00. The van der Waals surface area contributed by atoms with Crippen LogP contribution in [-0.2, 0) is 19.1 Å². The maximum Gasteiger partial charge on any atom is 0.310 e. The number of ether oxygens (including phenoxy) is 2. The van der Waals surface area contributed by atoms with Gasteiger partial charge in [0.1, 0.15) is 6.10 Å². The molecule has 5 heteroatoms. The average Bonchev–Trinajstić information content (AvgIpc) is 3.12. The highest BCUT2D eigenvalue weighted by Gasteiger charge is 2.33. The minimum atomic E-state index is -0.397. The van der Waals surface area contributed by atoms with Crippen molar-refractivity contribution in [3.8, 4) is 0 Å². The molecule has 0 saturated carbocycles. The second-order valence-corrected chi connectivity index (χ2v) is 6.00. The van der Waals surface area contributed by atoms with Crippen molar-refractivity contribution < 1.29 is 19.1 Å². The van der Waals surface area contributed by atoms with E-state index in [9.17, 15) is 9.59 Å². The van der Waals surface area contributed by atoms with Gasteiger partial charge in [0.05, 0.1) is 19.1 Å². The number of amides is 1. The smallest absolute Gasteiger partial charge is 0.310 e. The molecule has 3 unspecified atom stereocenters. The molecule has 1 aromatic rings. The summed E-state index contributed by atoms with van der Waals surface area (Å²) in [6.45, 7) is 4.70. The number of carbonyl (C=O) groups is 2. The van der Waals surface area contributed by atoms with Crippen molar-refractivity contribution in [2.45, 2.75) is 38.8 Å². The number of esters is 1. The van der Waals surface area contributed by atoms with Gasteiger partial charge in [0.2, 0.25) is 0 Å². The van der Waals surface area contributed by atoms with E-state index < -0.39 is 6.10 Å². The normalized spacial score (nSPS) is 19.9. The van der Waals surface area contributed by atoms with Gasteiger partial charge in [-0.05, 0) is 25.3 Å². The van der Waals surface area contributed by atoms with E-state index >= 15 is 0 Å². The topological polar surface area (TPSA) is 55.8 Å². The van der Waals surface area contributed by atoms with Crippen molar-refractivity contribution in [2.24, 2.45) is 5.92 Å². The van der Waals surface area contributed by atoms with Crippen LogP contribution in [0.3, 0.4) is 0 Å². The summed E-state index contributed by atoms with van der Waals surface area (Å²) in [6.07, 6.45) is 1.24. The lowest BCUT2D eigenvalue weighted by atomic mass is 10.0. The van der Waals surface area contributed by atoms with Gasteiger partial charge in [-0.1, -0.05) is 37.3 Å². The van der Waals surface area contributed by atoms with Crippen LogP contribution in [0.2, 0.25) is 0 Å². The van der Waals surface area contributed by atoms with Crippen LogP contribution in [0, 0.1) is 5.92 Å². The summed E-state index contributed by atoms with van der Waals surface area (Å²) in [5, 5.41) is 0.